The number of aromatic nitrogens is 4. The Bertz CT molecular complexity index is 718. The molecule has 0 fully saturated rings. The van der Waals surface area contributed by atoms with Gasteiger partial charge in [-0.15, -0.1) is 5.10 Å². The predicted octanol–water partition coefficient (Wildman–Crippen LogP) is 2.04. The third-order valence-corrected chi connectivity index (χ3v) is 4.42. The minimum absolute atomic E-state index is 0.0246. The van der Waals surface area contributed by atoms with Crippen LogP contribution in [-0.4, -0.2) is 32.2 Å². The van der Waals surface area contributed by atoms with Crippen LogP contribution in [0.25, 0.3) is 0 Å². The van der Waals surface area contributed by atoms with Crippen LogP contribution in [0, 0.1) is 12.8 Å². The van der Waals surface area contributed by atoms with Crippen LogP contribution in [0.3, 0.4) is 0 Å². The van der Waals surface area contributed by atoms with Gasteiger partial charge in [0.15, 0.2) is 5.82 Å². The summed E-state index contributed by atoms with van der Waals surface area (Å²) < 4.78 is 7.67. The molecule has 0 saturated carbocycles. The van der Waals surface area contributed by atoms with Gasteiger partial charge in [0.2, 0.25) is 5.91 Å². The van der Waals surface area contributed by atoms with E-state index in [1.807, 2.05) is 39.0 Å². The Kier molecular flexibility index (Phi) is 5.31. The first-order valence-electron chi connectivity index (χ1n) is 8.82. The minimum atomic E-state index is -0.0246. The first kappa shape index (κ1) is 17.4. The number of tetrazole rings is 1. The lowest BCUT2D eigenvalue weighted by molar-refractivity contribution is -0.125. The number of carbonyl (C=O) groups excluding carboxylic acids is 1. The van der Waals surface area contributed by atoms with Crippen molar-refractivity contribution in [2.45, 2.75) is 59.2 Å². The third-order valence-electron chi connectivity index (χ3n) is 4.42. The highest BCUT2D eigenvalue weighted by atomic mass is 16.5. The van der Waals surface area contributed by atoms with Crippen molar-refractivity contribution in [3.05, 3.63) is 35.2 Å². The molecule has 0 bridgehead atoms. The molecule has 1 aromatic carbocycles. The fraction of sp³-hybridized carbons (Fsp3) is 0.556. The Labute approximate surface area is 147 Å². The van der Waals surface area contributed by atoms with Crippen LogP contribution in [0.1, 0.15) is 43.6 Å². The van der Waals surface area contributed by atoms with Gasteiger partial charge in [0.25, 0.3) is 0 Å². The zero-order valence-corrected chi connectivity index (χ0v) is 15.0. The smallest absolute Gasteiger partial charge is 0.223 e. The SMILES string of the molecule is Cc1ccc(CNC(=O)C2CCc3nnnn3CC2)c(OC(C)C)c1. The summed E-state index contributed by atoms with van der Waals surface area (Å²) in [6.45, 7) is 7.20. The molecular formula is C18H25N5O2. The van der Waals surface area contributed by atoms with Gasteiger partial charge in [-0.2, -0.15) is 0 Å². The Hall–Kier alpha value is -2.44. The molecule has 0 spiro atoms. The third kappa shape index (κ3) is 4.35. The summed E-state index contributed by atoms with van der Waals surface area (Å²) in [5.41, 5.74) is 2.14. The molecule has 0 radical (unpaired) electrons. The quantitative estimate of drug-likeness (QED) is 0.898. The molecule has 3 rings (SSSR count). The molecule has 1 aliphatic rings. The molecule has 0 saturated heterocycles. The molecule has 1 aliphatic heterocycles. The monoisotopic (exact) mass is 343 g/mol. The van der Waals surface area contributed by atoms with Gasteiger partial charge >= 0.3 is 0 Å². The van der Waals surface area contributed by atoms with Crippen LogP contribution in [0.15, 0.2) is 18.2 Å². The maximum absolute atomic E-state index is 12.6. The second kappa shape index (κ2) is 7.63. The van der Waals surface area contributed by atoms with Gasteiger partial charge in [-0.05, 0) is 55.7 Å². The maximum atomic E-state index is 12.6. The molecule has 1 atom stereocenters. The van der Waals surface area contributed by atoms with E-state index in [0.717, 1.165) is 42.0 Å². The van der Waals surface area contributed by atoms with Crippen LogP contribution in [-0.2, 0) is 24.3 Å². The molecule has 1 amide bonds. The molecule has 25 heavy (non-hydrogen) atoms. The van der Waals surface area contributed by atoms with Crippen molar-refractivity contribution in [1.82, 2.24) is 25.5 Å². The van der Waals surface area contributed by atoms with Gasteiger partial charge in [-0.1, -0.05) is 12.1 Å². The van der Waals surface area contributed by atoms with E-state index in [1.165, 1.54) is 0 Å². The normalized spacial score (nSPS) is 17.0. The lowest BCUT2D eigenvalue weighted by Crippen LogP contribution is -2.31. The van der Waals surface area contributed by atoms with Crippen molar-refractivity contribution in [1.29, 1.82) is 0 Å². The standard InChI is InChI=1S/C18H25N5O2/c1-12(2)25-16-10-13(3)4-5-15(16)11-19-18(24)14-6-7-17-20-21-22-23(17)9-8-14/h4-5,10,12,14H,6-9,11H2,1-3H3,(H,19,24). The van der Waals surface area contributed by atoms with E-state index < -0.39 is 0 Å². The number of hydrogen-bond donors (Lipinski definition) is 1. The molecule has 1 aromatic heterocycles. The summed E-state index contributed by atoms with van der Waals surface area (Å²) in [7, 11) is 0. The first-order valence-corrected chi connectivity index (χ1v) is 8.82. The van der Waals surface area contributed by atoms with E-state index in [9.17, 15) is 4.79 Å². The van der Waals surface area contributed by atoms with E-state index >= 15 is 0 Å². The van der Waals surface area contributed by atoms with Gasteiger partial charge in [-0.25, -0.2) is 4.68 Å². The molecule has 2 heterocycles. The lowest BCUT2D eigenvalue weighted by atomic mass is 9.99. The van der Waals surface area contributed by atoms with E-state index in [4.69, 9.17) is 4.74 Å². The fourth-order valence-electron chi connectivity index (χ4n) is 3.06. The van der Waals surface area contributed by atoms with Crippen molar-refractivity contribution in [2.24, 2.45) is 5.92 Å². The summed E-state index contributed by atoms with van der Waals surface area (Å²) in [6, 6.07) is 6.08. The summed E-state index contributed by atoms with van der Waals surface area (Å²) in [6.07, 6.45) is 2.36. The highest BCUT2D eigenvalue weighted by Gasteiger charge is 2.23. The first-order chi connectivity index (χ1) is 12.0. The van der Waals surface area contributed by atoms with Crippen molar-refractivity contribution in [3.8, 4) is 5.75 Å². The lowest BCUT2D eigenvalue weighted by Gasteiger charge is -2.17. The van der Waals surface area contributed by atoms with Gasteiger partial charge in [0.05, 0.1) is 6.10 Å². The molecule has 1 unspecified atom stereocenters. The molecule has 2 aromatic rings. The predicted molar refractivity (Wildman–Crippen MR) is 93.0 cm³/mol. The van der Waals surface area contributed by atoms with Crippen LogP contribution in [0.2, 0.25) is 0 Å². The minimum Gasteiger partial charge on any atom is -0.491 e. The number of nitrogens with zero attached hydrogens (tertiary/aromatic N) is 4. The van der Waals surface area contributed by atoms with Gasteiger partial charge in [0.1, 0.15) is 5.75 Å². The van der Waals surface area contributed by atoms with E-state index in [0.29, 0.717) is 13.1 Å². The number of amides is 1. The number of hydrogen-bond acceptors (Lipinski definition) is 5. The van der Waals surface area contributed by atoms with Crippen LogP contribution in [0.5, 0.6) is 5.75 Å². The van der Waals surface area contributed by atoms with Crippen molar-refractivity contribution in [2.75, 3.05) is 0 Å². The number of benzene rings is 1. The second-order valence-electron chi connectivity index (χ2n) is 6.84. The largest absolute Gasteiger partial charge is 0.491 e. The van der Waals surface area contributed by atoms with Crippen LogP contribution < -0.4 is 10.1 Å². The molecule has 7 heteroatoms. The van der Waals surface area contributed by atoms with Gasteiger partial charge < -0.3 is 10.1 Å². The number of aryl methyl sites for hydroxylation is 3. The molecule has 134 valence electrons. The van der Waals surface area contributed by atoms with E-state index in [-0.39, 0.29) is 17.9 Å². The zero-order chi connectivity index (χ0) is 17.8. The Morgan fingerprint density at radius 2 is 2.24 bits per heavy atom. The fourth-order valence-corrected chi connectivity index (χ4v) is 3.06. The number of carbonyl (C=O) groups is 1. The van der Waals surface area contributed by atoms with Crippen LogP contribution >= 0.6 is 0 Å². The average Bonchev–Trinajstić information content (AvgIpc) is 2.92. The molecule has 7 nitrogen and oxygen atoms in total. The second-order valence-corrected chi connectivity index (χ2v) is 6.84. The molecule has 1 N–H and O–H groups in total. The molecular weight excluding hydrogens is 318 g/mol. The summed E-state index contributed by atoms with van der Waals surface area (Å²) >= 11 is 0. The highest BCUT2D eigenvalue weighted by Crippen LogP contribution is 2.23. The topological polar surface area (TPSA) is 81.9 Å². The zero-order valence-electron chi connectivity index (χ0n) is 15.0. The van der Waals surface area contributed by atoms with Crippen molar-refractivity contribution < 1.29 is 9.53 Å². The van der Waals surface area contributed by atoms with Crippen molar-refractivity contribution >= 4 is 5.91 Å². The maximum Gasteiger partial charge on any atom is 0.223 e. The van der Waals surface area contributed by atoms with Crippen molar-refractivity contribution in [3.63, 3.8) is 0 Å². The summed E-state index contributed by atoms with van der Waals surface area (Å²) in [4.78, 5) is 12.6. The number of ether oxygens (including phenoxy) is 1. The Morgan fingerprint density at radius 3 is 3.04 bits per heavy atom. The Balaban J connectivity index is 1.60. The number of rotatable bonds is 5. The van der Waals surface area contributed by atoms with Gasteiger partial charge in [-0.3, -0.25) is 4.79 Å². The van der Waals surface area contributed by atoms with Crippen LogP contribution in [0.4, 0.5) is 0 Å². The number of nitrogens with one attached hydrogen (secondary N) is 1. The summed E-state index contributed by atoms with van der Waals surface area (Å²) in [5, 5.41) is 14.7. The van der Waals surface area contributed by atoms with Gasteiger partial charge in [0, 0.05) is 31.0 Å². The van der Waals surface area contributed by atoms with E-state index in [2.05, 4.69) is 20.8 Å². The molecule has 0 aliphatic carbocycles. The Morgan fingerprint density at radius 1 is 1.40 bits per heavy atom. The average molecular weight is 343 g/mol. The highest BCUT2D eigenvalue weighted by molar-refractivity contribution is 5.78. The number of fused-ring (bicyclic) bond motifs is 1. The van der Waals surface area contributed by atoms with E-state index in [1.54, 1.807) is 4.68 Å². The summed E-state index contributed by atoms with van der Waals surface area (Å²) in [5.74, 6) is 1.76.